The van der Waals surface area contributed by atoms with E-state index in [0.29, 0.717) is 5.69 Å². The zero-order valence-corrected chi connectivity index (χ0v) is 16.3. The fourth-order valence-electron chi connectivity index (χ4n) is 3.07. The maximum atomic E-state index is 13.4. The summed E-state index contributed by atoms with van der Waals surface area (Å²) in [6, 6.07) is 18.6. The third kappa shape index (κ3) is 3.51. The number of rotatable bonds is 4. The molecule has 4 nitrogen and oxygen atoms in total. The van der Waals surface area contributed by atoms with E-state index in [1.165, 1.54) is 12.1 Å². The van der Waals surface area contributed by atoms with Gasteiger partial charge in [0.25, 0.3) is 10.0 Å². The van der Waals surface area contributed by atoms with Crippen LogP contribution in [0.3, 0.4) is 0 Å². The highest BCUT2D eigenvalue weighted by atomic mass is 32.2. The molecule has 2 N–H and O–H groups in total. The molecule has 0 spiro atoms. The first-order valence-corrected chi connectivity index (χ1v) is 10.3. The first-order valence-electron chi connectivity index (χ1n) is 8.81. The Morgan fingerprint density at radius 1 is 0.857 bits per heavy atom. The first-order chi connectivity index (χ1) is 13.3. The van der Waals surface area contributed by atoms with E-state index in [1.54, 1.807) is 36.4 Å². The second kappa shape index (κ2) is 6.80. The van der Waals surface area contributed by atoms with Crippen LogP contribution in [0.25, 0.3) is 22.2 Å². The van der Waals surface area contributed by atoms with Crippen LogP contribution in [0.5, 0.6) is 0 Å². The minimum absolute atomic E-state index is 0.234. The van der Waals surface area contributed by atoms with Crippen LogP contribution >= 0.6 is 0 Å². The van der Waals surface area contributed by atoms with E-state index in [4.69, 9.17) is 0 Å². The van der Waals surface area contributed by atoms with Crippen molar-refractivity contribution in [2.45, 2.75) is 18.7 Å². The fraction of sp³-hybridized carbons (Fsp3) is 0.0909. The van der Waals surface area contributed by atoms with E-state index in [1.807, 2.05) is 32.0 Å². The van der Waals surface area contributed by atoms with Crippen LogP contribution in [-0.4, -0.2) is 13.4 Å². The number of sulfonamides is 1. The summed E-state index contributed by atoms with van der Waals surface area (Å²) in [7, 11) is -3.65. The lowest BCUT2D eigenvalue weighted by Gasteiger charge is -2.10. The van der Waals surface area contributed by atoms with E-state index in [-0.39, 0.29) is 10.7 Å². The van der Waals surface area contributed by atoms with Gasteiger partial charge in [-0.05, 0) is 79.1 Å². The van der Waals surface area contributed by atoms with E-state index < -0.39 is 10.0 Å². The van der Waals surface area contributed by atoms with Gasteiger partial charge in [-0.25, -0.2) is 12.8 Å². The quantitative estimate of drug-likeness (QED) is 0.487. The molecule has 0 bridgehead atoms. The van der Waals surface area contributed by atoms with Gasteiger partial charge in [-0.3, -0.25) is 4.72 Å². The Balaban J connectivity index is 1.59. The molecule has 0 amide bonds. The normalized spacial score (nSPS) is 11.7. The van der Waals surface area contributed by atoms with Crippen molar-refractivity contribution in [1.82, 2.24) is 4.98 Å². The molecular weight excluding hydrogens is 375 g/mol. The first kappa shape index (κ1) is 18.3. The van der Waals surface area contributed by atoms with Gasteiger partial charge < -0.3 is 4.98 Å². The lowest BCUT2D eigenvalue weighted by atomic mass is 10.1. The van der Waals surface area contributed by atoms with Crippen molar-refractivity contribution in [3.8, 4) is 11.3 Å². The van der Waals surface area contributed by atoms with Crippen LogP contribution in [0, 0.1) is 19.7 Å². The molecule has 0 saturated heterocycles. The summed E-state index contributed by atoms with van der Waals surface area (Å²) in [4.78, 5) is 3.47. The van der Waals surface area contributed by atoms with Gasteiger partial charge in [0, 0.05) is 22.3 Å². The molecule has 0 fully saturated rings. The molecular formula is C22H19FN2O2S. The number of hydrogen-bond donors (Lipinski definition) is 2. The molecule has 0 radical (unpaired) electrons. The fourth-order valence-corrected chi connectivity index (χ4v) is 4.22. The maximum absolute atomic E-state index is 13.4. The molecule has 1 heterocycles. The topological polar surface area (TPSA) is 62.0 Å². The molecule has 4 aromatic rings. The number of anilines is 1. The molecule has 0 aliphatic carbocycles. The van der Waals surface area contributed by atoms with Gasteiger partial charge in [0.1, 0.15) is 5.82 Å². The zero-order valence-electron chi connectivity index (χ0n) is 15.5. The molecule has 142 valence electrons. The molecule has 0 saturated carbocycles. The second-order valence-electron chi connectivity index (χ2n) is 6.84. The third-order valence-electron chi connectivity index (χ3n) is 4.82. The molecule has 0 atom stereocenters. The molecule has 3 aromatic carbocycles. The van der Waals surface area contributed by atoms with Gasteiger partial charge in [0.05, 0.1) is 4.90 Å². The highest BCUT2D eigenvalue weighted by molar-refractivity contribution is 7.92. The number of nitrogens with one attached hydrogen (secondary N) is 2. The lowest BCUT2D eigenvalue weighted by Crippen LogP contribution is -2.13. The van der Waals surface area contributed by atoms with Crippen LogP contribution in [0.4, 0.5) is 10.1 Å². The van der Waals surface area contributed by atoms with Crippen LogP contribution in [0.2, 0.25) is 0 Å². The average Bonchev–Trinajstić information content (AvgIpc) is 3.07. The van der Waals surface area contributed by atoms with Crippen molar-refractivity contribution >= 4 is 26.6 Å². The number of aryl methyl sites for hydroxylation is 2. The maximum Gasteiger partial charge on any atom is 0.261 e. The van der Waals surface area contributed by atoms with Gasteiger partial charge in [0.2, 0.25) is 0 Å². The van der Waals surface area contributed by atoms with Crippen molar-refractivity contribution in [2.75, 3.05) is 4.72 Å². The Labute approximate surface area is 163 Å². The summed E-state index contributed by atoms with van der Waals surface area (Å²) in [5.41, 5.74) is 5.00. The van der Waals surface area contributed by atoms with E-state index >= 15 is 0 Å². The number of H-pyrrole nitrogens is 1. The van der Waals surface area contributed by atoms with Crippen LogP contribution in [0.15, 0.2) is 71.6 Å². The lowest BCUT2D eigenvalue weighted by molar-refractivity contribution is 0.601. The van der Waals surface area contributed by atoms with E-state index in [2.05, 4.69) is 9.71 Å². The summed E-state index contributed by atoms with van der Waals surface area (Å²) in [5.74, 6) is -0.283. The summed E-state index contributed by atoms with van der Waals surface area (Å²) < 4.78 is 41.2. The highest BCUT2D eigenvalue weighted by Gasteiger charge is 2.15. The van der Waals surface area contributed by atoms with Gasteiger partial charge in [-0.1, -0.05) is 18.2 Å². The zero-order chi connectivity index (χ0) is 19.9. The van der Waals surface area contributed by atoms with Crippen LogP contribution in [-0.2, 0) is 10.0 Å². The van der Waals surface area contributed by atoms with Gasteiger partial charge in [0.15, 0.2) is 0 Å². The molecule has 28 heavy (non-hydrogen) atoms. The third-order valence-corrected chi connectivity index (χ3v) is 6.20. The van der Waals surface area contributed by atoms with Gasteiger partial charge in [-0.15, -0.1) is 0 Å². The van der Waals surface area contributed by atoms with E-state index in [9.17, 15) is 12.8 Å². The molecule has 0 unspecified atom stereocenters. The Kier molecular flexibility index (Phi) is 4.43. The van der Waals surface area contributed by atoms with E-state index in [0.717, 1.165) is 33.3 Å². The number of aromatic nitrogens is 1. The molecule has 0 aliphatic rings. The van der Waals surface area contributed by atoms with Crippen LogP contribution in [0.1, 0.15) is 11.1 Å². The molecule has 1 aromatic heterocycles. The Morgan fingerprint density at radius 2 is 1.61 bits per heavy atom. The minimum Gasteiger partial charge on any atom is -0.355 e. The Morgan fingerprint density at radius 3 is 2.32 bits per heavy atom. The number of benzene rings is 3. The Bertz CT molecular complexity index is 1280. The predicted molar refractivity (Wildman–Crippen MR) is 110 cm³/mol. The van der Waals surface area contributed by atoms with Gasteiger partial charge in [-0.2, -0.15) is 0 Å². The summed E-state index contributed by atoms with van der Waals surface area (Å²) in [5, 5.41) is 0.787. The molecule has 4 rings (SSSR count). The standard InChI is InChI=1S/C22H19FN2O2S/c1-14-3-9-20(11-15(14)2)28(26,27)25-19-7-4-16(5-8-19)22-13-17-12-18(23)6-10-21(17)24-22/h3-13,24-25H,1-2H3. The van der Waals surface area contributed by atoms with Crippen molar-refractivity contribution in [3.63, 3.8) is 0 Å². The Hall–Kier alpha value is -3.12. The molecule has 6 heteroatoms. The van der Waals surface area contributed by atoms with Crippen molar-refractivity contribution in [2.24, 2.45) is 0 Å². The average molecular weight is 394 g/mol. The second-order valence-corrected chi connectivity index (χ2v) is 8.53. The van der Waals surface area contributed by atoms with Crippen molar-refractivity contribution in [1.29, 1.82) is 0 Å². The smallest absolute Gasteiger partial charge is 0.261 e. The van der Waals surface area contributed by atoms with Gasteiger partial charge >= 0.3 is 0 Å². The van der Waals surface area contributed by atoms with Crippen LogP contribution < -0.4 is 4.72 Å². The number of halogens is 1. The molecule has 0 aliphatic heterocycles. The minimum atomic E-state index is -3.65. The van der Waals surface area contributed by atoms with Crippen molar-refractivity contribution in [3.05, 3.63) is 83.7 Å². The predicted octanol–water partition coefficient (Wildman–Crippen LogP) is 5.39. The highest BCUT2D eigenvalue weighted by Crippen LogP contribution is 2.26. The SMILES string of the molecule is Cc1ccc(S(=O)(=O)Nc2ccc(-c3cc4cc(F)ccc4[nH]3)cc2)cc1C. The summed E-state index contributed by atoms with van der Waals surface area (Å²) >= 11 is 0. The monoisotopic (exact) mass is 394 g/mol. The summed E-state index contributed by atoms with van der Waals surface area (Å²) in [6.45, 7) is 3.83. The number of fused-ring (bicyclic) bond motifs is 1. The number of hydrogen-bond acceptors (Lipinski definition) is 2. The van der Waals surface area contributed by atoms with Crippen molar-refractivity contribution < 1.29 is 12.8 Å². The summed E-state index contributed by atoms with van der Waals surface area (Å²) in [6.07, 6.45) is 0. The largest absolute Gasteiger partial charge is 0.355 e. The number of aromatic amines is 1.